The fourth-order valence-corrected chi connectivity index (χ4v) is 4.06. The summed E-state index contributed by atoms with van der Waals surface area (Å²) in [4.78, 5) is 0. The van der Waals surface area contributed by atoms with Crippen LogP contribution in [0.3, 0.4) is 0 Å². The van der Waals surface area contributed by atoms with Crippen LogP contribution in [0.15, 0.2) is 0 Å². The van der Waals surface area contributed by atoms with Crippen LogP contribution in [0.25, 0.3) is 0 Å². The van der Waals surface area contributed by atoms with Gasteiger partial charge in [0.2, 0.25) is 0 Å². The Balaban J connectivity index is 1.77. The van der Waals surface area contributed by atoms with Gasteiger partial charge in [0.05, 0.1) is 12.2 Å². The van der Waals surface area contributed by atoms with Gasteiger partial charge in [-0.3, -0.25) is 0 Å². The zero-order valence-electron chi connectivity index (χ0n) is 9.99. The van der Waals surface area contributed by atoms with Crippen LogP contribution in [0.2, 0.25) is 12.6 Å². The molecule has 1 heterocycles. The first-order valence-electron chi connectivity index (χ1n) is 5.94. The SMILES string of the molecule is CO[Si](C)(CCC1CCCC2OC12)OC. The van der Waals surface area contributed by atoms with Crippen molar-refractivity contribution in [2.24, 2.45) is 5.92 Å². The molecule has 0 aromatic rings. The molecule has 0 aromatic carbocycles. The van der Waals surface area contributed by atoms with Crippen LogP contribution in [-0.4, -0.2) is 35.0 Å². The first-order chi connectivity index (χ1) is 7.18. The molecular weight excluding hydrogens is 208 g/mol. The summed E-state index contributed by atoms with van der Waals surface area (Å²) in [5.74, 6) is 0.765. The van der Waals surface area contributed by atoms with Crippen molar-refractivity contribution in [2.45, 2.75) is 50.5 Å². The largest absolute Gasteiger partial charge is 0.398 e. The number of epoxide rings is 1. The van der Waals surface area contributed by atoms with Crippen LogP contribution in [0.1, 0.15) is 25.7 Å². The molecule has 2 fully saturated rings. The Hall–Kier alpha value is 0.0969. The quantitative estimate of drug-likeness (QED) is 0.536. The van der Waals surface area contributed by atoms with E-state index in [0.29, 0.717) is 12.2 Å². The summed E-state index contributed by atoms with van der Waals surface area (Å²) in [6, 6.07) is 1.09. The van der Waals surface area contributed by atoms with Crippen LogP contribution >= 0.6 is 0 Å². The third-order valence-corrected chi connectivity index (χ3v) is 6.91. The highest BCUT2D eigenvalue weighted by molar-refractivity contribution is 6.65. The van der Waals surface area contributed by atoms with Crippen molar-refractivity contribution in [1.29, 1.82) is 0 Å². The van der Waals surface area contributed by atoms with E-state index in [1.165, 1.54) is 25.7 Å². The van der Waals surface area contributed by atoms with Gasteiger partial charge in [-0.05, 0) is 37.8 Å². The fourth-order valence-electron chi connectivity index (χ4n) is 2.59. The van der Waals surface area contributed by atoms with Crippen LogP contribution in [-0.2, 0) is 13.6 Å². The van der Waals surface area contributed by atoms with Gasteiger partial charge in [0, 0.05) is 14.2 Å². The lowest BCUT2D eigenvalue weighted by Gasteiger charge is -2.25. The van der Waals surface area contributed by atoms with Crippen molar-refractivity contribution < 1.29 is 13.6 Å². The molecule has 1 saturated carbocycles. The van der Waals surface area contributed by atoms with Crippen LogP contribution in [0, 0.1) is 5.92 Å². The van der Waals surface area contributed by atoms with Gasteiger partial charge in [-0.25, -0.2) is 0 Å². The van der Waals surface area contributed by atoms with Crippen LogP contribution < -0.4 is 0 Å². The second kappa shape index (κ2) is 4.53. The molecule has 2 rings (SSSR count). The van der Waals surface area contributed by atoms with E-state index < -0.39 is 8.56 Å². The summed E-state index contributed by atoms with van der Waals surface area (Å²) in [6.07, 6.45) is 6.34. The Labute approximate surface area is 93.3 Å². The Kier molecular flexibility index (Phi) is 3.50. The van der Waals surface area contributed by atoms with E-state index in [1.807, 2.05) is 0 Å². The second-order valence-electron chi connectivity index (χ2n) is 4.91. The van der Waals surface area contributed by atoms with E-state index in [0.717, 1.165) is 12.0 Å². The molecule has 3 atom stereocenters. The Morgan fingerprint density at radius 2 is 2.00 bits per heavy atom. The van der Waals surface area contributed by atoms with Gasteiger partial charge in [-0.15, -0.1) is 0 Å². The topological polar surface area (TPSA) is 31.0 Å². The first kappa shape index (κ1) is 11.6. The molecule has 4 heteroatoms. The first-order valence-corrected chi connectivity index (χ1v) is 8.46. The summed E-state index contributed by atoms with van der Waals surface area (Å²) in [6.45, 7) is 2.14. The van der Waals surface area contributed by atoms with E-state index in [9.17, 15) is 0 Å². The maximum atomic E-state index is 5.66. The highest BCUT2D eigenvalue weighted by Gasteiger charge is 2.47. The van der Waals surface area contributed by atoms with Gasteiger partial charge < -0.3 is 13.6 Å². The van der Waals surface area contributed by atoms with Crippen LogP contribution in [0.4, 0.5) is 0 Å². The fraction of sp³-hybridized carbons (Fsp3) is 1.00. The molecule has 0 aromatic heterocycles. The van der Waals surface area contributed by atoms with Crippen molar-refractivity contribution in [3.8, 4) is 0 Å². The van der Waals surface area contributed by atoms with Gasteiger partial charge >= 0.3 is 8.56 Å². The molecule has 15 heavy (non-hydrogen) atoms. The predicted molar refractivity (Wildman–Crippen MR) is 61.1 cm³/mol. The molecule has 2 aliphatic rings. The zero-order chi connectivity index (χ0) is 10.9. The number of hydrogen-bond acceptors (Lipinski definition) is 3. The summed E-state index contributed by atoms with van der Waals surface area (Å²) in [5.41, 5.74) is 0. The molecule has 0 radical (unpaired) electrons. The lowest BCUT2D eigenvalue weighted by molar-refractivity contribution is 0.240. The van der Waals surface area contributed by atoms with Gasteiger partial charge in [0.15, 0.2) is 0 Å². The summed E-state index contributed by atoms with van der Waals surface area (Å²) >= 11 is 0. The van der Waals surface area contributed by atoms with E-state index in [1.54, 1.807) is 14.2 Å². The molecule has 0 N–H and O–H groups in total. The summed E-state index contributed by atoms with van der Waals surface area (Å²) in [5, 5.41) is 0. The zero-order valence-corrected chi connectivity index (χ0v) is 11.0. The maximum Gasteiger partial charge on any atom is 0.334 e. The Morgan fingerprint density at radius 3 is 2.67 bits per heavy atom. The normalized spacial score (nSPS) is 35.0. The van der Waals surface area contributed by atoms with E-state index >= 15 is 0 Å². The average Bonchev–Trinajstić information content (AvgIpc) is 3.05. The molecule has 1 saturated heterocycles. The minimum absolute atomic E-state index is 0.575. The van der Waals surface area contributed by atoms with E-state index in [-0.39, 0.29) is 0 Å². The van der Waals surface area contributed by atoms with Gasteiger partial charge in [0.1, 0.15) is 0 Å². The molecule has 0 spiro atoms. The van der Waals surface area contributed by atoms with Crippen molar-refractivity contribution in [1.82, 2.24) is 0 Å². The number of ether oxygens (including phenoxy) is 1. The lowest BCUT2D eigenvalue weighted by Crippen LogP contribution is -2.37. The average molecular weight is 230 g/mol. The molecule has 3 nitrogen and oxygen atoms in total. The van der Waals surface area contributed by atoms with Crippen molar-refractivity contribution in [2.75, 3.05) is 14.2 Å². The summed E-state index contributed by atoms with van der Waals surface area (Å²) < 4.78 is 16.7. The molecule has 0 bridgehead atoms. The lowest BCUT2D eigenvalue weighted by atomic mass is 9.87. The smallest absolute Gasteiger partial charge is 0.334 e. The van der Waals surface area contributed by atoms with Crippen molar-refractivity contribution in [3.05, 3.63) is 0 Å². The van der Waals surface area contributed by atoms with Gasteiger partial charge in [-0.1, -0.05) is 6.42 Å². The third-order valence-electron chi connectivity index (χ3n) is 3.98. The molecule has 3 unspecified atom stereocenters. The van der Waals surface area contributed by atoms with E-state index in [2.05, 4.69) is 6.55 Å². The Bertz CT molecular complexity index is 218. The van der Waals surface area contributed by atoms with Gasteiger partial charge in [-0.2, -0.15) is 0 Å². The molecule has 1 aliphatic carbocycles. The molecule has 0 amide bonds. The number of rotatable bonds is 5. The molecular formula is C11H22O3Si. The van der Waals surface area contributed by atoms with Gasteiger partial charge in [0.25, 0.3) is 0 Å². The minimum Gasteiger partial charge on any atom is -0.398 e. The van der Waals surface area contributed by atoms with Crippen molar-refractivity contribution >= 4 is 8.56 Å². The number of fused-ring (bicyclic) bond motifs is 1. The molecule has 88 valence electrons. The number of hydrogen-bond donors (Lipinski definition) is 0. The van der Waals surface area contributed by atoms with Crippen LogP contribution in [0.5, 0.6) is 0 Å². The third kappa shape index (κ3) is 2.61. The molecule has 1 aliphatic heterocycles. The highest BCUT2D eigenvalue weighted by atomic mass is 28.4. The van der Waals surface area contributed by atoms with E-state index in [4.69, 9.17) is 13.6 Å². The second-order valence-corrected chi connectivity index (χ2v) is 8.49. The highest BCUT2D eigenvalue weighted by Crippen LogP contribution is 2.43. The standard InChI is InChI=1S/C11H22O3Si/c1-12-15(3,13-2)8-7-9-5-4-6-10-11(9)14-10/h9-11H,4-8H2,1-3H3. The predicted octanol–water partition coefficient (Wildman–Crippen LogP) is 2.31. The Morgan fingerprint density at radius 1 is 1.27 bits per heavy atom. The summed E-state index contributed by atoms with van der Waals surface area (Å²) in [7, 11) is 1.69. The van der Waals surface area contributed by atoms with Crippen molar-refractivity contribution in [3.63, 3.8) is 0 Å². The monoisotopic (exact) mass is 230 g/mol. The minimum atomic E-state index is -1.85. The maximum absolute atomic E-state index is 5.66.